The zero-order chi connectivity index (χ0) is 44.9. The number of rotatable bonds is 20. The van der Waals surface area contributed by atoms with Gasteiger partial charge in [0.25, 0.3) is 5.91 Å². The molecule has 60 heavy (non-hydrogen) atoms. The number of likely N-dealkylation sites (N-methyl/N-ethyl adjacent to an activating group) is 2. The first kappa shape index (κ1) is 50.4. The number of nitrogens with one attached hydrogen (secondary N) is 3. The van der Waals surface area contributed by atoms with Crippen molar-refractivity contribution in [1.82, 2.24) is 25.8 Å². The lowest BCUT2D eigenvalue weighted by molar-refractivity contribution is -0.140. The fourth-order valence-corrected chi connectivity index (χ4v) is 8.31. The number of hydrogen-bond donors (Lipinski definition) is 3. The summed E-state index contributed by atoms with van der Waals surface area (Å²) in [5.41, 5.74) is 0.315. The van der Waals surface area contributed by atoms with Gasteiger partial charge in [-0.05, 0) is 50.5 Å². The van der Waals surface area contributed by atoms with Crippen LogP contribution in [-0.2, 0) is 44.5 Å². The van der Waals surface area contributed by atoms with Crippen LogP contribution in [0.3, 0.4) is 0 Å². The first-order chi connectivity index (χ1) is 28.2. The summed E-state index contributed by atoms with van der Waals surface area (Å²) in [6, 6.07) is 7.27. The number of thioether (sulfide) groups is 1. The number of ether oxygens (including phenoxy) is 4. The Bertz CT molecular complexity index is 1650. The van der Waals surface area contributed by atoms with Crippen molar-refractivity contribution < 1.29 is 42.9 Å². The Morgan fingerprint density at radius 2 is 1.60 bits per heavy atom. The number of amides is 5. The molecule has 1 saturated heterocycles. The third kappa shape index (κ3) is 14.0. The van der Waals surface area contributed by atoms with Gasteiger partial charge < -0.3 is 39.8 Å². The van der Waals surface area contributed by atoms with Gasteiger partial charge in [0.05, 0.1) is 17.1 Å². The van der Waals surface area contributed by atoms with Crippen LogP contribution in [-0.4, -0.2) is 146 Å². The molecule has 3 rings (SSSR count). The van der Waals surface area contributed by atoms with E-state index in [1.165, 1.54) is 32.2 Å². The molecule has 336 valence electrons. The van der Waals surface area contributed by atoms with Gasteiger partial charge in [0.1, 0.15) is 36.0 Å². The Morgan fingerprint density at radius 1 is 0.950 bits per heavy atom. The summed E-state index contributed by atoms with van der Waals surface area (Å²) in [6.07, 6.45) is 0.611. The van der Waals surface area contributed by atoms with Gasteiger partial charge in [-0.15, -0.1) is 11.8 Å². The van der Waals surface area contributed by atoms with Crippen LogP contribution in [0.2, 0.25) is 0 Å². The maximum Gasteiger partial charge on any atom is 0.410 e. The summed E-state index contributed by atoms with van der Waals surface area (Å²) in [5.74, 6) is -1.35. The molecule has 1 aromatic carbocycles. The Morgan fingerprint density at radius 3 is 2.13 bits per heavy atom. The zero-order valence-electron chi connectivity index (χ0n) is 37.9. The van der Waals surface area contributed by atoms with Crippen LogP contribution in [0.5, 0.6) is 0 Å². The van der Waals surface area contributed by atoms with Gasteiger partial charge in [0.2, 0.25) is 17.7 Å². The van der Waals surface area contributed by atoms with Crippen LogP contribution in [0.25, 0.3) is 0 Å². The lowest BCUT2D eigenvalue weighted by atomic mass is 9.94. The smallest absolute Gasteiger partial charge is 0.410 e. The van der Waals surface area contributed by atoms with Gasteiger partial charge in [0, 0.05) is 53.2 Å². The molecule has 0 radical (unpaired) electrons. The molecular formula is C44H70N6O9S. The molecule has 2 unspecified atom stereocenters. The summed E-state index contributed by atoms with van der Waals surface area (Å²) >= 11 is 1.63. The third-order valence-corrected chi connectivity index (χ3v) is 11.9. The lowest BCUT2D eigenvalue weighted by Gasteiger charge is -2.36. The third-order valence-electron chi connectivity index (χ3n) is 10.8. The Labute approximate surface area is 361 Å². The summed E-state index contributed by atoms with van der Waals surface area (Å²) < 4.78 is 23.3. The average Bonchev–Trinajstić information content (AvgIpc) is 3.86. The predicted molar refractivity (Wildman–Crippen MR) is 235 cm³/mol. The minimum atomic E-state index is -1.000. The molecule has 2 heterocycles. The highest BCUT2D eigenvalue weighted by Gasteiger charge is 2.49. The number of methoxy groups -OCH3 is 2. The molecule has 5 amide bonds. The molecule has 1 fully saturated rings. The second-order valence-electron chi connectivity index (χ2n) is 17.3. The van der Waals surface area contributed by atoms with E-state index in [1.54, 1.807) is 50.6 Å². The topological polar surface area (TPSA) is 177 Å². The molecule has 0 saturated carbocycles. The Balaban J connectivity index is 1.70. The molecular weight excluding hydrogens is 789 g/mol. The van der Waals surface area contributed by atoms with Crippen molar-refractivity contribution in [2.75, 3.05) is 47.2 Å². The second kappa shape index (κ2) is 23.3. The van der Waals surface area contributed by atoms with Gasteiger partial charge in [-0.3, -0.25) is 29.1 Å². The molecule has 0 aliphatic carbocycles. The first-order valence-corrected chi connectivity index (χ1v) is 21.9. The van der Waals surface area contributed by atoms with E-state index in [9.17, 15) is 24.0 Å². The van der Waals surface area contributed by atoms with Crippen molar-refractivity contribution in [2.45, 2.75) is 129 Å². The Kier molecular flexibility index (Phi) is 19.5. The predicted octanol–water partition coefficient (Wildman–Crippen LogP) is 4.23. The van der Waals surface area contributed by atoms with Crippen LogP contribution in [0.1, 0.15) is 74.3 Å². The lowest BCUT2D eigenvalue weighted by Crippen LogP contribution is -2.58. The van der Waals surface area contributed by atoms with Crippen molar-refractivity contribution in [3.8, 4) is 0 Å². The normalized spacial score (nSPS) is 21.8. The first-order valence-electron chi connectivity index (χ1n) is 21.0. The van der Waals surface area contributed by atoms with Gasteiger partial charge in [-0.2, -0.15) is 0 Å². The molecule has 0 spiro atoms. The number of aliphatic imine (C=N–C) groups is 1. The van der Waals surface area contributed by atoms with Crippen molar-refractivity contribution in [2.24, 2.45) is 22.7 Å². The van der Waals surface area contributed by atoms with E-state index in [-0.39, 0.29) is 42.2 Å². The summed E-state index contributed by atoms with van der Waals surface area (Å²) in [4.78, 5) is 75.4. The van der Waals surface area contributed by atoms with E-state index in [0.717, 1.165) is 16.4 Å². The fourth-order valence-electron chi connectivity index (χ4n) is 7.39. The van der Waals surface area contributed by atoms with Crippen molar-refractivity contribution >= 4 is 46.5 Å². The molecule has 9 atom stereocenters. The van der Waals surface area contributed by atoms with Crippen LogP contribution in [0.4, 0.5) is 4.79 Å². The van der Waals surface area contributed by atoms with Gasteiger partial charge >= 0.3 is 6.09 Å². The minimum Gasteiger partial charge on any atom is -0.444 e. The largest absolute Gasteiger partial charge is 0.444 e. The zero-order valence-corrected chi connectivity index (χ0v) is 38.7. The van der Waals surface area contributed by atoms with Crippen molar-refractivity contribution in [3.05, 3.63) is 48.0 Å². The molecule has 2 aliphatic heterocycles. The van der Waals surface area contributed by atoms with Crippen LogP contribution < -0.4 is 16.0 Å². The van der Waals surface area contributed by atoms with E-state index in [2.05, 4.69) is 20.9 Å². The second-order valence-corrected chi connectivity index (χ2v) is 18.4. The molecule has 2 aliphatic rings. The molecule has 15 nitrogen and oxygen atoms in total. The fraction of sp³-hybridized carbons (Fsp3) is 0.682. The number of hydrogen-bond acceptors (Lipinski definition) is 11. The molecule has 0 bridgehead atoms. The quantitative estimate of drug-likeness (QED) is 0.161. The van der Waals surface area contributed by atoms with E-state index in [0.29, 0.717) is 19.4 Å². The van der Waals surface area contributed by atoms with E-state index < -0.39 is 66.1 Å². The molecule has 1 aromatic rings. The van der Waals surface area contributed by atoms with Crippen molar-refractivity contribution in [3.63, 3.8) is 0 Å². The number of nitrogens with zero attached hydrogens (tertiary/aromatic N) is 3. The van der Waals surface area contributed by atoms with Gasteiger partial charge in [0.15, 0.2) is 6.10 Å². The number of carbonyl (C=O) groups is 5. The molecule has 3 N–H and O–H groups in total. The SMILES string of the molecule is CC[C@H](C)C(/C=C/C(=O)NCC1O[C@@H](C(=O)N[C@@H](Cc2ccccc2)C2=NCCS2)[C@@H](OC)[C@@H]1OC)N(C)C(=O)[C@@H](NC(=O)[C@H](C(C)C)N(C)C(=O)OC(C)(C)C)C(C)C. The van der Waals surface area contributed by atoms with Crippen molar-refractivity contribution in [1.29, 1.82) is 0 Å². The van der Waals surface area contributed by atoms with E-state index in [4.69, 9.17) is 18.9 Å². The van der Waals surface area contributed by atoms with Gasteiger partial charge in [-0.25, -0.2) is 4.79 Å². The monoisotopic (exact) mass is 858 g/mol. The number of carbonyl (C=O) groups excluding carboxylic acids is 5. The number of benzene rings is 1. The maximum atomic E-state index is 14.1. The highest BCUT2D eigenvalue weighted by Crippen LogP contribution is 2.27. The van der Waals surface area contributed by atoms with E-state index in [1.807, 2.05) is 71.9 Å². The minimum absolute atomic E-state index is 0.0281. The van der Waals surface area contributed by atoms with E-state index >= 15 is 0 Å². The highest BCUT2D eigenvalue weighted by atomic mass is 32.2. The van der Waals surface area contributed by atoms with Gasteiger partial charge in [-0.1, -0.05) is 84.4 Å². The van der Waals surface area contributed by atoms with Crippen LogP contribution >= 0.6 is 11.8 Å². The molecule has 0 aromatic heterocycles. The average molecular weight is 859 g/mol. The highest BCUT2D eigenvalue weighted by molar-refractivity contribution is 8.14. The maximum absolute atomic E-state index is 14.1. The summed E-state index contributed by atoms with van der Waals surface area (Å²) in [5, 5.41) is 9.80. The standard InChI is InChI=1S/C44H70N6O9S/c1-14-28(6)31(49(10)42(54)34(26(2)3)48-39(52)35(27(4)5)50(11)43(55)59-44(7,8)9)20-21-33(51)46-25-32-36(56-12)37(57-13)38(58-32)40(53)47-30(41-45-22-23-60-41)24-29-18-16-15-17-19-29/h15-21,26-28,30-32,34-38H,14,22-25H2,1-13H3,(H,46,51)(H,47,53)(H,48,52)/b21-20+/t28-,30-,31?,32?,34-,35-,36+,37-,38+/m0/s1. The summed E-state index contributed by atoms with van der Waals surface area (Å²) in [7, 11) is 6.18. The van der Waals surface area contributed by atoms with Crippen LogP contribution in [0.15, 0.2) is 47.5 Å². The summed E-state index contributed by atoms with van der Waals surface area (Å²) in [6.45, 7) is 17.3. The van der Waals surface area contributed by atoms with Crippen LogP contribution in [0, 0.1) is 17.8 Å². The molecule has 16 heteroatoms. The Hall–Kier alpha value is -3.99.